The molecule has 0 atom stereocenters. The minimum atomic E-state index is 0.630. The van der Waals surface area contributed by atoms with E-state index in [0.29, 0.717) is 17.5 Å². The van der Waals surface area contributed by atoms with Crippen LogP contribution in [0.3, 0.4) is 0 Å². The molecule has 54 heavy (non-hydrogen) atoms. The van der Waals surface area contributed by atoms with E-state index in [1.54, 1.807) is 11.8 Å². The van der Waals surface area contributed by atoms with Crippen molar-refractivity contribution in [2.45, 2.75) is 9.79 Å². The molecule has 0 unspecified atom stereocenters. The molecule has 0 N–H and O–H groups in total. The van der Waals surface area contributed by atoms with Crippen LogP contribution in [0.25, 0.3) is 67.3 Å². The third kappa shape index (κ3) is 5.89. The molecule has 0 aliphatic carbocycles. The van der Waals surface area contributed by atoms with E-state index in [1.165, 1.54) is 21.4 Å². The fourth-order valence-corrected chi connectivity index (χ4v) is 8.25. The van der Waals surface area contributed by atoms with Gasteiger partial charge < -0.3 is 4.90 Å². The van der Waals surface area contributed by atoms with Crippen molar-refractivity contribution in [1.82, 2.24) is 19.9 Å². The van der Waals surface area contributed by atoms with E-state index in [2.05, 4.69) is 126 Å². The lowest BCUT2D eigenvalue weighted by atomic mass is 10.0. The summed E-state index contributed by atoms with van der Waals surface area (Å²) in [6.45, 7) is 0. The van der Waals surface area contributed by atoms with Crippen LogP contribution in [-0.2, 0) is 0 Å². The number of nitrogens with zero attached hydrogens (tertiary/aromatic N) is 5. The molecule has 1 aliphatic rings. The van der Waals surface area contributed by atoms with Crippen molar-refractivity contribution in [1.29, 1.82) is 0 Å². The summed E-state index contributed by atoms with van der Waals surface area (Å²) in [4.78, 5) is 24.5. The zero-order chi connectivity index (χ0) is 35.8. The lowest BCUT2D eigenvalue weighted by Crippen LogP contribution is -2.15. The number of hydrogen-bond donors (Lipinski definition) is 0. The van der Waals surface area contributed by atoms with Crippen LogP contribution in [0.4, 0.5) is 17.1 Å². The topological polar surface area (TPSA) is 54.8 Å². The molecule has 0 spiro atoms. The van der Waals surface area contributed by atoms with E-state index in [9.17, 15) is 0 Å². The third-order valence-corrected chi connectivity index (χ3v) is 10.8. The predicted octanol–water partition coefficient (Wildman–Crippen LogP) is 12.7. The standard InChI is InChI=1S/C48H31N5S/c1-4-13-32(14-5-1)36-23-25-41-43(30-36)54-44-31-38(48-51-46(34-16-6-2-7-17-34)50-47(52-48)35-18-8-3-9-19-35)24-26-42(44)53(41)39-21-12-20-37(29-39)45-40-22-11-10-15-33(40)27-28-49-45/h1-31H. The molecule has 254 valence electrons. The van der Waals surface area contributed by atoms with E-state index in [-0.39, 0.29) is 0 Å². The molecular weight excluding hydrogens is 679 g/mol. The zero-order valence-corrected chi connectivity index (χ0v) is 29.9. The maximum absolute atomic E-state index is 5.04. The highest BCUT2D eigenvalue weighted by molar-refractivity contribution is 7.99. The highest BCUT2D eigenvalue weighted by Gasteiger charge is 2.27. The molecule has 3 heterocycles. The molecular formula is C48H31N5S. The molecule has 0 bridgehead atoms. The van der Waals surface area contributed by atoms with Gasteiger partial charge in [-0.2, -0.15) is 0 Å². The molecule has 0 fully saturated rings. The van der Waals surface area contributed by atoms with E-state index in [1.807, 2.05) is 66.9 Å². The van der Waals surface area contributed by atoms with Crippen LogP contribution < -0.4 is 4.90 Å². The van der Waals surface area contributed by atoms with Crippen molar-refractivity contribution in [2.75, 3.05) is 4.90 Å². The molecule has 1 aliphatic heterocycles. The average molecular weight is 710 g/mol. The fraction of sp³-hybridized carbons (Fsp3) is 0. The number of rotatable bonds is 6. The Morgan fingerprint density at radius 1 is 0.389 bits per heavy atom. The van der Waals surface area contributed by atoms with E-state index >= 15 is 0 Å². The minimum Gasteiger partial charge on any atom is -0.308 e. The Bertz CT molecular complexity index is 2740. The molecule has 0 amide bonds. The first kappa shape index (κ1) is 31.8. The normalized spacial score (nSPS) is 12.0. The molecule has 0 radical (unpaired) electrons. The summed E-state index contributed by atoms with van der Waals surface area (Å²) in [7, 11) is 0. The first-order chi connectivity index (χ1) is 26.7. The number of hydrogen-bond acceptors (Lipinski definition) is 6. The maximum atomic E-state index is 5.04. The molecule has 0 saturated heterocycles. The van der Waals surface area contributed by atoms with Gasteiger partial charge in [-0.3, -0.25) is 4.98 Å². The maximum Gasteiger partial charge on any atom is 0.164 e. The first-order valence-electron chi connectivity index (χ1n) is 17.9. The number of fused-ring (bicyclic) bond motifs is 3. The summed E-state index contributed by atoms with van der Waals surface area (Å²) >= 11 is 1.78. The number of aromatic nitrogens is 4. The molecule has 5 nitrogen and oxygen atoms in total. The van der Waals surface area contributed by atoms with Crippen LogP contribution in [0.1, 0.15) is 0 Å². The summed E-state index contributed by atoms with van der Waals surface area (Å²) in [6.07, 6.45) is 1.90. The molecule has 2 aromatic heterocycles. The summed E-state index contributed by atoms with van der Waals surface area (Å²) in [5, 5.41) is 2.30. The van der Waals surface area contributed by atoms with Gasteiger partial charge in [-0.05, 0) is 65.0 Å². The van der Waals surface area contributed by atoms with Crippen LogP contribution >= 0.6 is 11.8 Å². The second-order valence-electron chi connectivity index (χ2n) is 13.1. The van der Waals surface area contributed by atoms with Crippen molar-refractivity contribution in [3.05, 3.63) is 188 Å². The van der Waals surface area contributed by atoms with Crippen molar-refractivity contribution >= 4 is 39.6 Å². The number of benzene rings is 7. The van der Waals surface area contributed by atoms with E-state index in [0.717, 1.165) is 55.3 Å². The zero-order valence-electron chi connectivity index (χ0n) is 29.0. The van der Waals surface area contributed by atoms with Gasteiger partial charge in [0.15, 0.2) is 17.5 Å². The van der Waals surface area contributed by atoms with E-state index in [4.69, 9.17) is 19.9 Å². The summed E-state index contributed by atoms with van der Waals surface area (Å²) in [6, 6.07) is 63.3. The quantitative estimate of drug-likeness (QED) is 0.171. The number of pyridine rings is 1. The summed E-state index contributed by atoms with van der Waals surface area (Å²) < 4.78 is 0. The van der Waals surface area contributed by atoms with Crippen LogP contribution in [0.5, 0.6) is 0 Å². The minimum absolute atomic E-state index is 0.630. The predicted molar refractivity (Wildman–Crippen MR) is 221 cm³/mol. The SMILES string of the molecule is c1ccc(-c2ccc3c(c2)Sc2cc(-c4nc(-c5ccccc5)nc(-c5ccccc5)n4)ccc2N3c2cccc(-c3nccc4ccccc34)c2)cc1. The van der Waals surface area contributed by atoms with Crippen LogP contribution in [0.2, 0.25) is 0 Å². The van der Waals surface area contributed by atoms with Gasteiger partial charge in [-0.1, -0.05) is 145 Å². The largest absolute Gasteiger partial charge is 0.308 e. The van der Waals surface area contributed by atoms with Gasteiger partial charge in [-0.15, -0.1) is 0 Å². The smallest absolute Gasteiger partial charge is 0.164 e. The average Bonchev–Trinajstić information content (AvgIpc) is 3.25. The number of anilines is 3. The fourth-order valence-electron chi connectivity index (χ4n) is 7.12. The van der Waals surface area contributed by atoms with Gasteiger partial charge in [-0.25, -0.2) is 15.0 Å². The van der Waals surface area contributed by atoms with E-state index < -0.39 is 0 Å². The van der Waals surface area contributed by atoms with Gasteiger partial charge in [0.05, 0.1) is 17.1 Å². The van der Waals surface area contributed by atoms with Crippen LogP contribution in [0, 0.1) is 0 Å². The van der Waals surface area contributed by atoms with Gasteiger partial charge in [0.2, 0.25) is 0 Å². The Labute approximate surface area is 317 Å². The van der Waals surface area contributed by atoms with Crippen molar-refractivity contribution < 1.29 is 0 Å². The second-order valence-corrected chi connectivity index (χ2v) is 14.2. The lowest BCUT2D eigenvalue weighted by Gasteiger charge is -2.33. The Kier molecular flexibility index (Phi) is 8.00. The third-order valence-electron chi connectivity index (χ3n) is 9.74. The Morgan fingerprint density at radius 3 is 1.59 bits per heavy atom. The molecule has 9 aromatic rings. The molecule has 10 rings (SSSR count). The van der Waals surface area contributed by atoms with Crippen molar-refractivity contribution in [3.63, 3.8) is 0 Å². The van der Waals surface area contributed by atoms with Gasteiger partial charge >= 0.3 is 0 Å². The van der Waals surface area contributed by atoms with Gasteiger partial charge in [0.25, 0.3) is 0 Å². The highest BCUT2D eigenvalue weighted by Crippen LogP contribution is 2.53. The lowest BCUT2D eigenvalue weighted by molar-refractivity contribution is 1.07. The Balaban J connectivity index is 1.13. The van der Waals surface area contributed by atoms with Crippen LogP contribution in [-0.4, -0.2) is 19.9 Å². The highest BCUT2D eigenvalue weighted by atomic mass is 32.2. The molecule has 0 saturated carbocycles. The van der Waals surface area contributed by atoms with Crippen LogP contribution in [0.15, 0.2) is 198 Å². The first-order valence-corrected chi connectivity index (χ1v) is 18.7. The van der Waals surface area contributed by atoms with Gasteiger partial charge in [0.1, 0.15) is 0 Å². The second kappa shape index (κ2) is 13.6. The Morgan fingerprint density at radius 2 is 0.926 bits per heavy atom. The van der Waals surface area contributed by atoms with Crippen molar-refractivity contribution in [3.8, 4) is 56.5 Å². The Hall–Kier alpha value is -6.89. The van der Waals surface area contributed by atoms with Crippen molar-refractivity contribution in [2.24, 2.45) is 0 Å². The molecule has 7 aromatic carbocycles. The summed E-state index contributed by atoms with van der Waals surface area (Å²) in [5.74, 6) is 1.91. The monoisotopic (exact) mass is 709 g/mol. The van der Waals surface area contributed by atoms with Gasteiger partial charge in [0, 0.05) is 49.3 Å². The summed E-state index contributed by atoms with van der Waals surface area (Å²) in [5.41, 5.74) is 10.5. The molecule has 6 heteroatoms.